The van der Waals surface area contributed by atoms with Crippen LogP contribution in [0.15, 0.2) is 55.0 Å². The van der Waals surface area contributed by atoms with Gasteiger partial charge in [0.1, 0.15) is 21.3 Å². The summed E-state index contributed by atoms with van der Waals surface area (Å²) >= 11 is 5.61. The minimum absolute atomic E-state index is 0.690. The molecule has 0 fully saturated rings. The summed E-state index contributed by atoms with van der Waals surface area (Å²) in [6.45, 7) is 20.0. The molecule has 3 aromatic heterocycles. The van der Waals surface area contributed by atoms with Crippen LogP contribution in [0.3, 0.4) is 0 Å². The Morgan fingerprint density at radius 2 is 1.30 bits per heavy atom. The highest BCUT2D eigenvalue weighted by Gasteiger charge is 2.12. The van der Waals surface area contributed by atoms with Gasteiger partial charge < -0.3 is 4.98 Å². The van der Waals surface area contributed by atoms with Crippen molar-refractivity contribution in [1.82, 2.24) is 19.5 Å². The van der Waals surface area contributed by atoms with Gasteiger partial charge in [0, 0.05) is 17.3 Å². The summed E-state index contributed by atoms with van der Waals surface area (Å²) in [4.78, 5) is 12.0. The fourth-order valence-electron chi connectivity index (χ4n) is 2.45. The number of para-hydroxylation sites is 1. The minimum Gasteiger partial charge on any atom is -0.342 e. The number of pyridine rings is 2. The summed E-state index contributed by atoms with van der Waals surface area (Å²) in [7, 11) is 0. The zero-order chi connectivity index (χ0) is 23.5. The third kappa shape index (κ3) is 7.06. The third-order valence-electron chi connectivity index (χ3n) is 3.32. The number of nitrogens with one attached hydrogen (secondary N) is 1. The summed E-state index contributed by atoms with van der Waals surface area (Å²) in [5.41, 5.74) is 3.55. The second kappa shape index (κ2) is 18.5. The van der Waals surface area contributed by atoms with Gasteiger partial charge in [-0.15, -0.1) is 0 Å². The molecule has 0 atom stereocenters. The van der Waals surface area contributed by atoms with Crippen molar-refractivity contribution in [3.8, 4) is 5.69 Å². The van der Waals surface area contributed by atoms with Crippen molar-refractivity contribution in [3.05, 3.63) is 59.6 Å². The van der Waals surface area contributed by atoms with Crippen LogP contribution in [0, 0.1) is 4.64 Å². The molecule has 0 spiro atoms. The molecule has 0 radical (unpaired) electrons. The first kappa shape index (κ1) is 29.7. The summed E-state index contributed by atoms with van der Waals surface area (Å²) in [6, 6.07) is 13.9. The van der Waals surface area contributed by atoms with E-state index in [0.29, 0.717) is 4.64 Å². The lowest BCUT2D eigenvalue weighted by atomic mass is 10.2. The van der Waals surface area contributed by atoms with E-state index < -0.39 is 0 Å². The van der Waals surface area contributed by atoms with Crippen LogP contribution >= 0.6 is 12.2 Å². The van der Waals surface area contributed by atoms with Crippen molar-refractivity contribution in [2.24, 2.45) is 0 Å². The van der Waals surface area contributed by atoms with Crippen molar-refractivity contribution >= 4 is 34.3 Å². The molecule has 0 saturated carbocycles. The SMILES string of the molecule is CC.CC.CC.CC.CC.S=c1c2[nH]cnc2c2cccnc2n1-c1ccccc1. The second-order valence-electron chi connectivity index (χ2n) is 4.48. The molecule has 0 aliphatic carbocycles. The van der Waals surface area contributed by atoms with Gasteiger partial charge in [-0.3, -0.25) is 4.57 Å². The average molecular weight is 429 g/mol. The van der Waals surface area contributed by atoms with Crippen LogP contribution in [0.1, 0.15) is 69.2 Å². The highest BCUT2D eigenvalue weighted by Crippen LogP contribution is 2.25. The van der Waals surface area contributed by atoms with Crippen LogP contribution < -0.4 is 0 Å². The Morgan fingerprint density at radius 3 is 1.87 bits per heavy atom. The number of fused-ring (bicyclic) bond motifs is 3. The fraction of sp³-hybridized carbons (Fsp3) is 0.400. The van der Waals surface area contributed by atoms with Gasteiger partial charge in [-0.1, -0.05) is 99.7 Å². The molecule has 30 heavy (non-hydrogen) atoms. The molecular formula is C25H40N4S. The van der Waals surface area contributed by atoms with Crippen molar-refractivity contribution in [2.45, 2.75) is 69.2 Å². The zero-order valence-corrected chi connectivity index (χ0v) is 21.3. The predicted molar refractivity (Wildman–Crippen MR) is 138 cm³/mol. The lowest BCUT2D eigenvalue weighted by Crippen LogP contribution is -2.01. The summed E-state index contributed by atoms with van der Waals surface area (Å²) in [5, 5.41) is 0.987. The third-order valence-corrected chi connectivity index (χ3v) is 3.71. The molecule has 0 aliphatic rings. The summed E-state index contributed by atoms with van der Waals surface area (Å²) < 4.78 is 2.67. The van der Waals surface area contributed by atoms with E-state index in [9.17, 15) is 0 Å². The molecule has 4 rings (SSSR count). The molecule has 0 bridgehead atoms. The van der Waals surface area contributed by atoms with Crippen LogP contribution in [-0.2, 0) is 0 Å². The summed E-state index contributed by atoms with van der Waals surface area (Å²) in [6.07, 6.45) is 3.44. The van der Waals surface area contributed by atoms with Crippen LogP contribution in [0.4, 0.5) is 0 Å². The molecule has 0 saturated heterocycles. The van der Waals surface area contributed by atoms with E-state index in [4.69, 9.17) is 12.2 Å². The molecule has 0 unspecified atom stereocenters. The van der Waals surface area contributed by atoms with Crippen LogP contribution in [-0.4, -0.2) is 19.5 Å². The molecule has 1 N–H and O–H groups in total. The maximum absolute atomic E-state index is 5.61. The average Bonchev–Trinajstić information content (AvgIpc) is 3.37. The standard InChI is InChI=1S/C15H10N4S.5C2H6/c20-15-13-12(17-9-18-13)11-7-4-8-16-14(11)19(15)10-5-2-1-3-6-10;5*1-2/h1-9H,(H,17,18);5*1-2H3. The van der Waals surface area contributed by atoms with E-state index in [-0.39, 0.29) is 0 Å². The van der Waals surface area contributed by atoms with Gasteiger partial charge in [0.05, 0.1) is 6.33 Å². The van der Waals surface area contributed by atoms with Crippen molar-refractivity contribution in [1.29, 1.82) is 0 Å². The van der Waals surface area contributed by atoms with Crippen molar-refractivity contribution in [3.63, 3.8) is 0 Å². The molecule has 4 aromatic rings. The van der Waals surface area contributed by atoms with Crippen LogP contribution in [0.2, 0.25) is 0 Å². The van der Waals surface area contributed by atoms with Crippen molar-refractivity contribution in [2.75, 3.05) is 0 Å². The Kier molecular flexibility index (Phi) is 18.3. The van der Waals surface area contributed by atoms with Gasteiger partial charge >= 0.3 is 0 Å². The molecule has 4 nitrogen and oxygen atoms in total. The van der Waals surface area contributed by atoms with Gasteiger partial charge in [-0.2, -0.15) is 0 Å². The number of H-pyrrole nitrogens is 1. The lowest BCUT2D eigenvalue weighted by molar-refractivity contribution is 1.06. The van der Waals surface area contributed by atoms with Gasteiger partial charge in [0.25, 0.3) is 0 Å². The second-order valence-corrected chi connectivity index (χ2v) is 4.86. The highest BCUT2D eigenvalue weighted by molar-refractivity contribution is 7.71. The lowest BCUT2D eigenvalue weighted by Gasteiger charge is -2.11. The van der Waals surface area contributed by atoms with Gasteiger partial charge in [0.15, 0.2) is 0 Å². The minimum atomic E-state index is 0.690. The molecule has 5 heteroatoms. The first-order valence-electron chi connectivity index (χ1n) is 11.2. The maximum Gasteiger partial charge on any atom is 0.147 e. The maximum atomic E-state index is 5.61. The normalized spacial score (nSPS) is 8.47. The van der Waals surface area contributed by atoms with E-state index in [1.165, 1.54) is 0 Å². The van der Waals surface area contributed by atoms with E-state index in [1.807, 2.05) is 116 Å². The summed E-state index contributed by atoms with van der Waals surface area (Å²) in [5.74, 6) is 0. The Hall–Kier alpha value is -2.53. The zero-order valence-electron chi connectivity index (χ0n) is 20.4. The number of hydrogen-bond acceptors (Lipinski definition) is 3. The van der Waals surface area contributed by atoms with E-state index in [2.05, 4.69) is 15.0 Å². The number of rotatable bonds is 1. The molecular weight excluding hydrogens is 388 g/mol. The van der Waals surface area contributed by atoms with Gasteiger partial charge in [-0.25, -0.2) is 9.97 Å². The van der Waals surface area contributed by atoms with Gasteiger partial charge in [-0.05, 0) is 24.3 Å². The molecule has 1 aromatic carbocycles. The Labute approximate surface area is 188 Å². The predicted octanol–water partition coefficient (Wildman–Crippen LogP) is 8.76. The number of benzene rings is 1. The quantitative estimate of drug-likeness (QED) is 0.308. The van der Waals surface area contributed by atoms with E-state index in [1.54, 1.807) is 12.5 Å². The number of aromatic amines is 1. The Bertz CT molecular complexity index is 973. The monoisotopic (exact) mass is 428 g/mol. The Morgan fingerprint density at radius 1 is 0.733 bits per heavy atom. The fourth-order valence-corrected chi connectivity index (χ4v) is 2.79. The van der Waals surface area contributed by atoms with E-state index >= 15 is 0 Å². The first-order valence-corrected chi connectivity index (χ1v) is 11.7. The molecule has 0 amide bonds. The van der Waals surface area contributed by atoms with Crippen LogP contribution in [0.5, 0.6) is 0 Å². The highest BCUT2D eigenvalue weighted by atomic mass is 32.1. The smallest absolute Gasteiger partial charge is 0.147 e. The Balaban J connectivity index is 0. The molecule has 3 heterocycles. The molecule has 0 aliphatic heterocycles. The number of imidazole rings is 1. The number of aromatic nitrogens is 4. The largest absolute Gasteiger partial charge is 0.342 e. The van der Waals surface area contributed by atoms with Crippen molar-refractivity contribution < 1.29 is 0 Å². The first-order chi connectivity index (χ1) is 14.9. The number of nitrogens with zero attached hydrogens (tertiary/aromatic N) is 3. The molecule has 166 valence electrons. The van der Waals surface area contributed by atoms with E-state index in [0.717, 1.165) is 27.8 Å². The number of hydrogen-bond donors (Lipinski definition) is 1. The van der Waals surface area contributed by atoms with Crippen LogP contribution in [0.25, 0.3) is 27.8 Å². The van der Waals surface area contributed by atoms with Gasteiger partial charge in [0.2, 0.25) is 0 Å². The topological polar surface area (TPSA) is 46.5 Å².